The lowest BCUT2D eigenvalue weighted by Crippen LogP contribution is -1.88. The molecule has 3 aromatic rings. The van der Waals surface area contributed by atoms with Crippen LogP contribution in [-0.2, 0) is 0 Å². The normalized spacial score (nSPS) is 10.7. The molecule has 0 unspecified atom stereocenters. The Hall–Kier alpha value is -2.47. The molecule has 0 aliphatic carbocycles. The molecule has 5 nitrogen and oxygen atoms in total. The first-order valence-electron chi connectivity index (χ1n) is 5.64. The number of benzene rings is 1. The zero-order valence-electron chi connectivity index (χ0n) is 10.0. The van der Waals surface area contributed by atoms with Crippen LogP contribution in [-0.4, -0.2) is 15.1 Å². The van der Waals surface area contributed by atoms with Gasteiger partial charge in [-0.05, 0) is 30.3 Å². The van der Waals surface area contributed by atoms with Crippen LogP contribution in [0.2, 0.25) is 5.02 Å². The quantitative estimate of drug-likeness (QED) is 0.733. The molecule has 0 saturated heterocycles. The minimum absolute atomic E-state index is 0.225. The Morgan fingerprint density at radius 1 is 1.20 bits per heavy atom. The summed E-state index contributed by atoms with van der Waals surface area (Å²) in [5, 5.41) is 4.24. The van der Waals surface area contributed by atoms with Gasteiger partial charge in [-0.25, -0.2) is 9.37 Å². The first-order valence-corrected chi connectivity index (χ1v) is 6.02. The van der Waals surface area contributed by atoms with Crippen LogP contribution < -0.4 is 5.73 Å². The second-order valence-corrected chi connectivity index (χ2v) is 4.43. The van der Waals surface area contributed by atoms with E-state index in [1.54, 1.807) is 18.2 Å². The average molecular weight is 291 g/mol. The van der Waals surface area contributed by atoms with Crippen molar-refractivity contribution in [3.05, 3.63) is 47.4 Å². The number of hydrogen-bond donors (Lipinski definition) is 1. The number of hydrogen-bond acceptors (Lipinski definition) is 5. The van der Waals surface area contributed by atoms with Crippen LogP contribution in [0.3, 0.4) is 0 Å². The Kier molecular flexibility index (Phi) is 3.08. The lowest BCUT2D eigenvalue weighted by molar-refractivity contribution is 0.432. The molecule has 0 amide bonds. The Morgan fingerprint density at radius 3 is 2.80 bits per heavy atom. The third kappa shape index (κ3) is 2.33. The molecule has 2 N–H and O–H groups in total. The van der Waals surface area contributed by atoms with Crippen LogP contribution in [0.25, 0.3) is 23.0 Å². The number of anilines is 1. The predicted octanol–water partition coefficient (Wildman–Crippen LogP) is 3.17. The van der Waals surface area contributed by atoms with Gasteiger partial charge < -0.3 is 10.3 Å². The second-order valence-electron chi connectivity index (χ2n) is 4.02. The van der Waals surface area contributed by atoms with Gasteiger partial charge in [0, 0.05) is 5.69 Å². The first kappa shape index (κ1) is 12.6. The minimum atomic E-state index is -0.434. The number of pyridine rings is 1. The van der Waals surface area contributed by atoms with Crippen molar-refractivity contribution in [3.8, 4) is 23.0 Å². The van der Waals surface area contributed by atoms with Crippen molar-refractivity contribution in [1.82, 2.24) is 15.1 Å². The Labute approximate surface area is 118 Å². The van der Waals surface area contributed by atoms with E-state index < -0.39 is 5.82 Å². The number of nitrogens with two attached hydrogens (primary N) is 1. The number of nitrogen functional groups attached to an aromatic ring is 1. The van der Waals surface area contributed by atoms with Crippen molar-refractivity contribution >= 4 is 17.3 Å². The zero-order chi connectivity index (χ0) is 14.1. The van der Waals surface area contributed by atoms with Gasteiger partial charge in [0.1, 0.15) is 11.5 Å². The van der Waals surface area contributed by atoms with E-state index in [1.165, 1.54) is 12.1 Å². The maximum atomic E-state index is 12.8. The molecule has 100 valence electrons. The summed E-state index contributed by atoms with van der Waals surface area (Å²) in [5.74, 6) is 0.0401. The fourth-order valence-electron chi connectivity index (χ4n) is 1.65. The van der Waals surface area contributed by atoms with E-state index >= 15 is 0 Å². The van der Waals surface area contributed by atoms with Crippen LogP contribution in [0.4, 0.5) is 10.1 Å². The fourth-order valence-corrected chi connectivity index (χ4v) is 1.85. The molecule has 0 aliphatic heterocycles. The summed E-state index contributed by atoms with van der Waals surface area (Å²) in [6.07, 6.45) is 1.08. The summed E-state index contributed by atoms with van der Waals surface area (Å²) in [4.78, 5) is 8.06. The van der Waals surface area contributed by atoms with Gasteiger partial charge in [-0.3, -0.25) is 0 Å². The van der Waals surface area contributed by atoms with Crippen LogP contribution in [0.1, 0.15) is 0 Å². The highest BCUT2D eigenvalue weighted by atomic mass is 35.5. The first-order chi connectivity index (χ1) is 9.63. The van der Waals surface area contributed by atoms with Crippen molar-refractivity contribution in [3.63, 3.8) is 0 Å². The van der Waals surface area contributed by atoms with Gasteiger partial charge >= 0.3 is 0 Å². The van der Waals surface area contributed by atoms with Crippen molar-refractivity contribution < 1.29 is 8.91 Å². The molecule has 0 fully saturated rings. The standard InChI is InChI=1S/C13H8ClFN4O/c14-10-3-2-8(16)5-9(10)13-18-12(19-20-13)11-4-1-7(15)6-17-11/h1-6H,16H2. The van der Waals surface area contributed by atoms with Gasteiger partial charge in [0.25, 0.3) is 5.89 Å². The monoisotopic (exact) mass is 290 g/mol. The summed E-state index contributed by atoms with van der Waals surface area (Å²) >= 11 is 6.06. The third-order valence-corrected chi connectivity index (χ3v) is 2.93. The zero-order valence-corrected chi connectivity index (χ0v) is 10.8. The van der Waals surface area contributed by atoms with Crippen LogP contribution >= 0.6 is 11.6 Å². The number of rotatable bonds is 2. The molecule has 0 aliphatic rings. The number of halogens is 2. The molecule has 7 heteroatoms. The van der Waals surface area contributed by atoms with Crippen molar-refractivity contribution in [1.29, 1.82) is 0 Å². The van der Waals surface area contributed by atoms with Gasteiger partial charge in [0.2, 0.25) is 5.82 Å². The fraction of sp³-hybridized carbons (Fsp3) is 0. The molecular weight excluding hydrogens is 283 g/mol. The average Bonchev–Trinajstić information content (AvgIpc) is 2.92. The molecule has 0 saturated carbocycles. The smallest absolute Gasteiger partial charge is 0.259 e. The molecule has 0 radical (unpaired) electrons. The predicted molar refractivity (Wildman–Crippen MR) is 72.3 cm³/mol. The van der Waals surface area contributed by atoms with Crippen LogP contribution in [0.15, 0.2) is 41.1 Å². The molecule has 0 spiro atoms. The van der Waals surface area contributed by atoms with Crippen LogP contribution in [0, 0.1) is 5.82 Å². The molecule has 1 aromatic carbocycles. The Morgan fingerprint density at radius 2 is 2.05 bits per heavy atom. The highest BCUT2D eigenvalue weighted by Crippen LogP contribution is 2.29. The topological polar surface area (TPSA) is 77.8 Å². The molecule has 0 bridgehead atoms. The van der Waals surface area contributed by atoms with Gasteiger partial charge in [-0.1, -0.05) is 16.8 Å². The van der Waals surface area contributed by atoms with Gasteiger partial charge in [-0.2, -0.15) is 4.98 Å². The van der Waals surface area contributed by atoms with Crippen molar-refractivity contribution in [2.75, 3.05) is 5.73 Å². The lowest BCUT2D eigenvalue weighted by atomic mass is 10.2. The molecule has 2 aromatic heterocycles. The van der Waals surface area contributed by atoms with Crippen LogP contribution in [0.5, 0.6) is 0 Å². The second kappa shape index (κ2) is 4.90. The van der Waals surface area contributed by atoms with E-state index in [0.717, 1.165) is 6.20 Å². The summed E-state index contributed by atoms with van der Waals surface area (Å²) in [6.45, 7) is 0. The Bertz CT molecular complexity index is 757. The molecule has 2 heterocycles. The SMILES string of the molecule is Nc1ccc(Cl)c(-c2nc(-c3ccc(F)cn3)no2)c1. The number of aromatic nitrogens is 3. The highest BCUT2D eigenvalue weighted by molar-refractivity contribution is 6.33. The summed E-state index contributed by atoms with van der Waals surface area (Å²) in [6, 6.07) is 7.69. The van der Waals surface area contributed by atoms with Gasteiger partial charge in [0.05, 0.1) is 16.8 Å². The molecule has 0 atom stereocenters. The minimum Gasteiger partial charge on any atom is -0.399 e. The molecule has 20 heavy (non-hydrogen) atoms. The summed E-state index contributed by atoms with van der Waals surface area (Å²) in [7, 11) is 0. The summed E-state index contributed by atoms with van der Waals surface area (Å²) in [5.41, 5.74) is 7.17. The maximum absolute atomic E-state index is 12.8. The van der Waals surface area contributed by atoms with E-state index in [-0.39, 0.29) is 11.7 Å². The Balaban J connectivity index is 2.01. The van der Waals surface area contributed by atoms with Gasteiger partial charge in [-0.15, -0.1) is 0 Å². The van der Waals surface area contributed by atoms with E-state index in [0.29, 0.717) is 22.0 Å². The highest BCUT2D eigenvalue weighted by Gasteiger charge is 2.14. The third-order valence-electron chi connectivity index (χ3n) is 2.60. The van der Waals surface area contributed by atoms with E-state index in [9.17, 15) is 4.39 Å². The summed E-state index contributed by atoms with van der Waals surface area (Å²) < 4.78 is 17.9. The van der Waals surface area contributed by atoms with Gasteiger partial charge in [0.15, 0.2) is 0 Å². The van der Waals surface area contributed by atoms with E-state index in [1.807, 2.05) is 0 Å². The molecular formula is C13H8ClFN4O. The largest absolute Gasteiger partial charge is 0.399 e. The maximum Gasteiger partial charge on any atom is 0.259 e. The van der Waals surface area contributed by atoms with Crippen molar-refractivity contribution in [2.24, 2.45) is 0 Å². The van der Waals surface area contributed by atoms with Crippen molar-refractivity contribution in [2.45, 2.75) is 0 Å². The van der Waals surface area contributed by atoms with E-state index in [4.69, 9.17) is 21.9 Å². The molecule has 3 rings (SSSR count). The number of nitrogens with zero attached hydrogens (tertiary/aromatic N) is 3. The lowest BCUT2D eigenvalue weighted by Gasteiger charge is -1.99. The van der Waals surface area contributed by atoms with E-state index in [2.05, 4.69) is 15.1 Å².